The summed E-state index contributed by atoms with van der Waals surface area (Å²) in [6.45, 7) is 1.19. The third-order valence-corrected chi connectivity index (χ3v) is 7.93. The number of aromatic nitrogens is 2. The quantitative estimate of drug-likeness (QED) is 0.126. The minimum Gasteiger partial charge on any atom is -0.465 e. The molecule has 0 saturated heterocycles. The highest BCUT2D eigenvalue weighted by atomic mass is 32.2. The lowest BCUT2D eigenvalue weighted by molar-refractivity contribution is -0.141. The summed E-state index contributed by atoms with van der Waals surface area (Å²) in [5.41, 5.74) is 8.44. The molecule has 0 fully saturated rings. The highest BCUT2D eigenvalue weighted by molar-refractivity contribution is 7.92. The number of fused-ring (bicyclic) bond motifs is 1. The lowest BCUT2D eigenvalue weighted by atomic mass is 10.0. The van der Waals surface area contributed by atoms with Crippen LogP contribution in [0.1, 0.15) is 34.8 Å². The number of hydrogen-bond donors (Lipinski definition) is 2. The molecule has 0 atom stereocenters. The third kappa shape index (κ3) is 5.99. The minimum atomic E-state index is -4.21. The maximum absolute atomic E-state index is 13.5. The number of benzene rings is 2. The SMILES string of the molecule is CCOC(=O)CN(c1ccc2c(c1)c(C(=O)CCc1ccc(C(=N)N)cc1)cn2C)S(=O)(=O)c1ccccn1. The summed E-state index contributed by atoms with van der Waals surface area (Å²) >= 11 is 0. The Labute approximate surface area is 226 Å². The van der Waals surface area contributed by atoms with Crippen LogP contribution in [0.5, 0.6) is 0 Å². The van der Waals surface area contributed by atoms with Crippen LogP contribution in [0.25, 0.3) is 10.9 Å². The van der Waals surface area contributed by atoms with Gasteiger partial charge in [-0.25, -0.2) is 4.98 Å². The van der Waals surface area contributed by atoms with Crippen molar-refractivity contribution < 1.29 is 22.7 Å². The molecule has 0 aliphatic heterocycles. The van der Waals surface area contributed by atoms with Crippen molar-refractivity contribution in [2.45, 2.75) is 24.8 Å². The molecule has 10 nitrogen and oxygen atoms in total. The van der Waals surface area contributed by atoms with Gasteiger partial charge < -0.3 is 15.0 Å². The van der Waals surface area contributed by atoms with E-state index in [2.05, 4.69) is 4.98 Å². The summed E-state index contributed by atoms with van der Waals surface area (Å²) in [6, 6.07) is 16.6. The zero-order valence-electron chi connectivity index (χ0n) is 21.6. The van der Waals surface area contributed by atoms with E-state index in [-0.39, 0.29) is 35.4 Å². The van der Waals surface area contributed by atoms with Crippen LogP contribution < -0.4 is 10.0 Å². The van der Waals surface area contributed by atoms with Crippen molar-refractivity contribution in [3.63, 3.8) is 0 Å². The number of nitrogens with one attached hydrogen (secondary N) is 1. The number of Topliss-reactive ketones (excluding diaryl/α,β-unsaturated/α-hetero) is 1. The molecular weight excluding hydrogens is 518 g/mol. The highest BCUT2D eigenvalue weighted by Crippen LogP contribution is 2.30. The Morgan fingerprint density at radius 1 is 1.10 bits per heavy atom. The highest BCUT2D eigenvalue weighted by Gasteiger charge is 2.29. The monoisotopic (exact) mass is 547 g/mol. The number of aryl methyl sites for hydroxylation is 2. The Hall–Kier alpha value is -4.51. The van der Waals surface area contributed by atoms with Gasteiger partial charge in [0.2, 0.25) is 0 Å². The molecule has 11 heteroatoms. The number of sulfonamides is 1. The first-order valence-electron chi connectivity index (χ1n) is 12.3. The van der Waals surface area contributed by atoms with Crippen LogP contribution in [0.15, 0.2) is 78.1 Å². The second-order valence-corrected chi connectivity index (χ2v) is 10.7. The summed E-state index contributed by atoms with van der Waals surface area (Å²) < 4.78 is 34.8. The van der Waals surface area contributed by atoms with Gasteiger partial charge in [0.1, 0.15) is 12.4 Å². The summed E-state index contributed by atoms with van der Waals surface area (Å²) in [7, 11) is -2.41. The van der Waals surface area contributed by atoms with Crippen LogP contribution in [0.2, 0.25) is 0 Å². The van der Waals surface area contributed by atoms with Gasteiger partial charge in [-0.05, 0) is 49.2 Å². The average molecular weight is 548 g/mol. The lowest BCUT2D eigenvalue weighted by Crippen LogP contribution is -2.37. The third-order valence-electron chi connectivity index (χ3n) is 6.24. The number of carbonyl (C=O) groups excluding carboxylic acids is 2. The normalized spacial score (nSPS) is 11.3. The van der Waals surface area contributed by atoms with E-state index in [1.807, 2.05) is 12.1 Å². The average Bonchev–Trinajstić information content (AvgIpc) is 3.26. The first-order valence-corrected chi connectivity index (χ1v) is 13.7. The molecule has 2 heterocycles. The molecule has 0 bridgehead atoms. The second kappa shape index (κ2) is 11.5. The fourth-order valence-corrected chi connectivity index (χ4v) is 5.59. The van der Waals surface area contributed by atoms with E-state index >= 15 is 0 Å². The first kappa shape index (κ1) is 27.5. The Balaban J connectivity index is 1.68. The number of nitrogens with two attached hydrogens (primary N) is 1. The number of esters is 1. The van der Waals surface area contributed by atoms with Crippen molar-refractivity contribution in [3.8, 4) is 0 Å². The maximum Gasteiger partial charge on any atom is 0.326 e. The number of ketones is 1. The molecule has 2 aromatic carbocycles. The Kier molecular flexibility index (Phi) is 8.10. The number of amidine groups is 1. The van der Waals surface area contributed by atoms with Crippen LogP contribution >= 0.6 is 0 Å². The van der Waals surface area contributed by atoms with Gasteiger partial charge >= 0.3 is 5.97 Å². The van der Waals surface area contributed by atoms with Gasteiger partial charge in [-0.15, -0.1) is 0 Å². The van der Waals surface area contributed by atoms with Crippen molar-refractivity contribution in [3.05, 3.63) is 89.7 Å². The number of pyridine rings is 1. The summed E-state index contributed by atoms with van der Waals surface area (Å²) in [5, 5.41) is 7.86. The second-order valence-electron chi connectivity index (χ2n) is 8.87. The molecule has 2 aromatic heterocycles. The number of anilines is 1. The Morgan fingerprint density at radius 2 is 1.85 bits per heavy atom. The molecule has 0 radical (unpaired) electrons. The van der Waals surface area contributed by atoms with Crippen molar-refractivity contribution in [1.82, 2.24) is 9.55 Å². The van der Waals surface area contributed by atoms with Gasteiger partial charge in [0.05, 0.1) is 12.3 Å². The fourth-order valence-electron chi connectivity index (χ4n) is 4.25. The number of rotatable bonds is 11. The number of carbonyl (C=O) groups is 2. The van der Waals surface area contributed by atoms with E-state index in [1.165, 1.54) is 12.3 Å². The van der Waals surface area contributed by atoms with Crippen molar-refractivity contribution in [2.24, 2.45) is 12.8 Å². The summed E-state index contributed by atoms with van der Waals surface area (Å²) in [6.07, 6.45) is 3.79. The van der Waals surface area contributed by atoms with Crippen LogP contribution in [0.4, 0.5) is 5.69 Å². The molecule has 4 rings (SSSR count). The molecule has 3 N–H and O–H groups in total. The van der Waals surface area contributed by atoms with Gasteiger partial charge in [-0.2, -0.15) is 8.42 Å². The zero-order chi connectivity index (χ0) is 28.2. The topological polar surface area (TPSA) is 148 Å². The summed E-state index contributed by atoms with van der Waals surface area (Å²) in [5.74, 6) is -0.846. The van der Waals surface area contributed by atoms with E-state index in [4.69, 9.17) is 15.9 Å². The molecule has 202 valence electrons. The van der Waals surface area contributed by atoms with Gasteiger partial charge in [0.15, 0.2) is 10.8 Å². The van der Waals surface area contributed by atoms with E-state index in [1.54, 1.807) is 67.2 Å². The lowest BCUT2D eigenvalue weighted by Gasteiger charge is -2.23. The number of ether oxygens (including phenoxy) is 1. The maximum atomic E-state index is 13.5. The first-order chi connectivity index (χ1) is 18.6. The molecule has 4 aromatic rings. The summed E-state index contributed by atoms with van der Waals surface area (Å²) in [4.78, 5) is 29.7. The molecule has 0 aliphatic carbocycles. The largest absolute Gasteiger partial charge is 0.465 e. The zero-order valence-corrected chi connectivity index (χ0v) is 22.4. The van der Waals surface area contributed by atoms with Crippen LogP contribution in [-0.2, 0) is 33.0 Å². The van der Waals surface area contributed by atoms with Crippen molar-refractivity contribution >= 4 is 44.2 Å². The molecule has 39 heavy (non-hydrogen) atoms. The van der Waals surface area contributed by atoms with Crippen molar-refractivity contribution in [1.29, 1.82) is 5.41 Å². The van der Waals surface area contributed by atoms with E-state index in [9.17, 15) is 18.0 Å². The molecular formula is C28H29N5O5S. The van der Waals surface area contributed by atoms with E-state index in [0.717, 1.165) is 15.4 Å². The number of nitrogen functional groups attached to an aromatic ring is 1. The molecule has 0 aliphatic rings. The smallest absolute Gasteiger partial charge is 0.326 e. The molecule has 0 spiro atoms. The van der Waals surface area contributed by atoms with Gasteiger partial charge in [0.25, 0.3) is 10.0 Å². The number of hydrogen-bond acceptors (Lipinski definition) is 7. The number of nitrogens with zero attached hydrogens (tertiary/aromatic N) is 3. The van der Waals surface area contributed by atoms with Crippen LogP contribution in [-0.4, -0.2) is 48.7 Å². The predicted molar refractivity (Wildman–Crippen MR) is 148 cm³/mol. The Morgan fingerprint density at radius 3 is 2.49 bits per heavy atom. The van der Waals surface area contributed by atoms with Crippen LogP contribution in [0, 0.1) is 5.41 Å². The van der Waals surface area contributed by atoms with Crippen molar-refractivity contribution in [2.75, 3.05) is 17.5 Å². The van der Waals surface area contributed by atoms with Gasteiger partial charge in [-0.3, -0.25) is 19.3 Å². The van der Waals surface area contributed by atoms with Crippen LogP contribution in [0.3, 0.4) is 0 Å². The predicted octanol–water partition coefficient (Wildman–Crippen LogP) is 3.43. The van der Waals surface area contributed by atoms with Gasteiger partial charge in [0, 0.05) is 47.9 Å². The van der Waals surface area contributed by atoms with E-state index < -0.39 is 22.5 Å². The molecule has 0 saturated carbocycles. The molecule has 0 unspecified atom stereocenters. The standard InChI is InChI=1S/C28H29N5O5S/c1-3-38-27(35)18-33(39(36,37)26-6-4-5-15-31-26)21-12-13-24-22(16-21)23(17-32(24)2)25(34)14-9-19-7-10-20(11-8-19)28(29)30/h4-8,10-13,15-17H,3,9,14,18H2,1-2H3,(H3,29,30). The van der Waals surface area contributed by atoms with Gasteiger partial charge in [-0.1, -0.05) is 30.3 Å². The minimum absolute atomic E-state index is 0.0220. The molecule has 0 amide bonds. The fraction of sp³-hybridized carbons (Fsp3) is 0.214. The van der Waals surface area contributed by atoms with E-state index in [0.29, 0.717) is 22.9 Å². The Bertz CT molecular complexity index is 1630.